The van der Waals surface area contributed by atoms with E-state index in [4.69, 9.17) is 5.84 Å². The van der Waals surface area contributed by atoms with Gasteiger partial charge in [-0.25, -0.2) is 0 Å². The Hall–Kier alpha value is -0.870. The maximum atomic E-state index is 5.68. The number of hydrogen-bond acceptors (Lipinski definition) is 3. The number of nitrogens with one attached hydrogen (secondary N) is 1. The summed E-state index contributed by atoms with van der Waals surface area (Å²) in [7, 11) is 0. The fourth-order valence-electron chi connectivity index (χ4n) is 2.74. The van der Waals surface area contributed by atoms with Gasteiger partial charge in [0.15, 0.2) is 0 Å². The van der Waals surface area contributed by atoms with Crippen LogP contribution in [0.5, 0.6) is 0 Å². The summed E-state index contributed by atoms with van der Waals surface area (Å²) in [6.07, 6.45) is 17.4. The van der Waals surface area contributed by atoms with E-state index in [2.05, 4.69) is 30.6 Å². The number of nitrogens with two attached hydrogens (primary N) is 1. The highest BCUT2D eigenvalue weighted by molar-refractivity contribution is 5.09. The summed E-state index contributed by atoms with van der Waals surface area (Å²) in [5, 5.41) is 4.32. The summed E-state index contributed by atoms with van der Waals surface area (Å²) in [6.45, 7) is 5.28. The first-order valence-electron chi connectivity index (χ1n) is 8.80. The molecule has 0 radical (unpaired) electrons. The van der Waals surface area contributed by atoms with Crippen molar-refractivity contribution in [3.8, 4) is 0 Å². The first-order valence-corrected chi connectivity index (χ1v) is 8.80. The zero-order valence-electron chi connectivity index (χ0n) is 14.0. The molecule has 4 nitrogen and oxygen atoms in total. The lowest BCUT2D eigenvalue weighted by atomic mass is 10.0. The van der Waals surface area contributed by atoms with Gasteiger partial charge in [-0.2, -0.15) is 5.10 Å². The highest BCUT2D eigenvalue weighted by atomic mass is 15.3. The number of hydrazine groups is 1. The number of aryl methyl sites for hydroxylation is 1. The average Bonchev–Trinajstić information content (AvgIpc) is 2.98. The van der Waals surface area contributed by atoms with Crippen LogP contribution < -0.4 is 11.3 Å². The van der Waals surface area contributed by atoms with Crippen molar-refractivity contribution >= 4 is 0 Å². The third-order valence-corrected chi connectivity index (χ3v) is 4.18. The summed E-state index contributed by atoms with van der Waals surface area (Å²) in [6, 6.07) is 0.245. The molecule has 0 aromatic carbocycles. The van der Waals surface area contributed by atoms with Crippen molar-refractivity contribution in [2.45, 2.75) is 90.6 Å². The number of aromatic nitrogens is 2. The molecule has 1 aromatic rings. The van der Waals surface area contributed by atoms with E-state index in [0.29, 0.717) is 0 Å². The number of unbranched alkanes of at least 4 members (excludes halogenated alkanes) is 8. The van der Waals surface area contributed by atoms with Gasteiger partial charge >= 0.3 is 0 Å². The smallest absolute Gasteiger partial charge is 0.0538 e. The van der Waals surface area contributed by atoms with Gasteiger partial charge in [-0.1, -0.05) is 64.7 Å². The van der Waals surface area contributed by atoms with Crippen molar-refractivity contribution in [1.29, 1.82) is 0 Å². The van der Waals surface area contributed by atoms with Gasteiger partial charge in [0.05, 0.1) is 6.20 Å². The van der Waals surface area contributed by atoms with Gasteiger partial charge in [-0.3, -0.25) is 16.0 Å². The van der Waals surface area contributed by atoms with E-state index in [1.165, 1.54) is 63.4 Å². The Morgan fingerprint density at radius 3 is 2.19 bits per heavy atom. The average molecular weight is 294 g/mol. The summed E-state index contributed by atoms with van der Waals surface area (Å²) < 4.78 is 1.95. The lowest BCUT2D eigenvalue weighted by Gasteiger charge is -2.13. The van der Waals surface area contributed by atoms with Crippen LogP contribution in [0.15, 0.2) is 12.4 Å². The van der Waals surface area contributed by atoms with Gasteiger partial charge in [0.1, 0.15) is 0 Å². The summed E-state index contributed by atoms with van der Waals surface area (Å²) in [4.78, 5) is 0. The van der Waals surface area contributed by atoms with Crippen LogP contribution in [-0.2, 0) is 6.54 Å². The Morgan fingerprint density at radius 2 is 1.67 bits per heavy atom. The standard InChI is InChI=1S/C17H34N4/c1-3-5-6-7-8-9-10-11-12-13-17(20-18)16-14-19-21(4-2)15-16/h14-15,17,20H,3-13,18H2,1-2H3. The molecular formula is C17H34N4. The maximum Gasteiger partial charge on any atom is 0.0538 e. The monoisotopic (exact) mass is 294 g/mol. The SMILES string of the molecule is CCCCCCCCCCCC(NN)c1cnn(CC)c1. The quantitative estimate of drug-likeness (QED) is 0.323. The lowest BCUT2D eigenvalue weighted by Crippen LogP contribution is -2.27. The van der Waals surface area contributed by atoms with E-state index in [-0.39, 0.29) is 6.04 Å². The van der Waals surface area contributed by atoms with Crippen LogP contribution in [0.2, 0.25) is 0 Å². The number of nitrogens with zero attached hydrogens (tertiary/aromatic N) is 2. The van der Waals surface area contributed by atoms with Crippen molar-refractivity contribution in [3.05, 3.63) is 18.0 Å². The first-order chi connectivity index (χ1) is 10.3. The van der Waals surface area contributed by atoms with E-state index in [1.54, 1.807) is 0 Å². The molecular weight excluding hydrogens is 260 g/mol. The molecule has 21 heavy (non-hydrogen) atoms. The molecule has 0 saturated heterocycles. The van der Waals surface area contributed by atoms with Gasteiger partial charge < -0.3 is 0 Å². The number of hydrogen-bond donors (Lipinski definition) is 2. The molecule has 0 aliphatic heterocycles. The molecule has 0 aliphatic carbocycles. The molecule has 1 atom stereocenters. The summed E-state index contributed by atoms with van der Waals surface area (Å²) in [5.74, 6) is 5.68. The third kappa shape index (κ3) is 7.63. The molecule has 4 heteroatoms. The van der Waals surface area contributed by atoms with E-state index in [9.17, 15) is 0 Å². The van der Waals surface area contributed by atoms with Gasteiger partial charge in [0.25, 0.3) is 0 Å². The second-order valence-electron chi connectivity index (χ2n) is 5.97. The van der Waals surface area contributed by atoms with Crippen LogP contribution in [0, 0.1) is 0 Å². The van der Waals surface area contributed by atoms with Gasteiger partial charge in [-0.05, 0) is 13.3 Å². The van der Waals surface area contributed by atoms with Crippen LogP contribution in [0.25, 0.3) is 0 Å². The molecule has 0 amide bonds. The highest BCUT2D eigenvalue weighted by Gasteiger charge is 2.11. The number of rotatable bonds is 13. The zero-order valence-corrected chi connectivity index (χ0v) is 14.0. The molecule has 1 unspecified atom stereocenters. The Kier molecular flexibility index (Phi) is 10.2. The molecule has 0 fully saturated rings. The zero-order chi connectivity index (χ0) is 15.3. The van der Waals surface area contributed by atoms with E-state index < -0.39 is 0 Å². The molecule has 1 rings (SSSR count). The van der Waals surface area contributed by atoms with Gasteiger partial charge in [0, 0.05) is 24.3 Å². The normalized spacial score (nSPS) is 12.7. The van der Waals surface area contributed by atoms with E-state index in [1.807, 2.05) is 10.9 Å². The fraction of sp³-hybridized carbons (Fsp3) is 0.824. The van der Waals surface area contributed by atoms with Crippen LogP contribution in [0.3, 0.4) is 0 Å². The topological polar surface area (TPSA) is 55.9 Å². The van der Waals surface area contributed by atoms with Crippen molar-refractivity contribution in [1.82, 2.24) is 15.2 Å². The van der Waals surface area contributed by atoms with Crippen LogP contribution in [0.4, 0.5) is 0 Å². The van der Waals surface area contributed by atoms with Crippen molar-refractivity contribution in [3.63, 3.8) is 0 Å². The second kappa shape index (κ2) is 11.8. The Labute approximate surface area is 130 Å². The summed E-state index contributed by atoms with van der Waals surface area (Å²) in [5.41, 5.74) is 4.14. The molecule has 3 N–H and O–H groups in total. The van der Waals surface area contributed by atoms with Crippen LogP contribution >= 0.6 is 0 Å². The fourth-order valence-corrected chi connectivity index (χ4v) is 2.74. The van der Waals surface area contributed by atoms with E-state index in [0.717, 1.165) is 13.0 Å². The second-order valence-corrected chi connectivity index (χ2v) is 5.97. The maximum absolute atomic E-state index is 5.68. The Balaban J connectivity index is 2.07. The van der Waals surface area contributed by atoms with Gasteiger partial charge in [-0.15, -0.1) is 0 Å². The molecule has 0 bridgehead atoms. The Bertz CT molecular complexity index is 348. The first kappa shape index (κ1) is 18.2. The van der Waals surface area contributed by atoms with Gasteiger partial charge in [0.2, 0.25) is 0 Å². The van der Waals surface area contributed by atoms with Crippen LogP contribution in [0.1, 0.15) is 89.7 Å². The largest absolute Gasteiger partial charge is 0.273 e. The third-order valence-electron chi connectivity index (χ3n) is 4.18. The van der Waals surface area contributed by atoms with Crippen molar-refractivity contribution in [2.75, 3.05) is 0 Å². The van der Waals surface area contributed by atoms with Crippen LogP contribution in [-0.4, -0.2) is 9.78 Å². The minimum absolute atomic E-state index is 0.245. The predicted molar refractivity (Wildman–Crippen MR) is 89.8 cm³/mol. The minimum atomic E-state index is 0.245. The predicted octanol–water partition coefficient (Wildman–Crippen LogP) is 4.33. The summed E-state index contributed by atoms with van der Waals surface area (Å²) >= 11 is 0. The molecule has 122 valence electrons. The Morgan fingerprint density at radius 1 is 1.05 bits per heavy atom. The van der Waals surface area contributed by atoms with E-state index >= 15 is 0 Å². The van der Waals surface area contributed by atoms with Crippen molar-refractivity contribution < 1.29 is 0 Å². The highest BCUT2D eigenvalue weighted by Crippen LogP contribution is 2.19. The molecule has 0 saturated carbocycles. The minimum Gasteiger partial charge on any atom is -0.273 e. The molecule has 1 aromatic heterocycles. The molecule has 1 heterocycles. The lowest BCUT2D eigenvalue weighted by molar-refractivity contribution is 0.474. The molecule has 0 aliphatic rings. The van der Waals surface area contributed by atoms with Crippen molar-refractivity contribution in [2.24, 2.45) is 5.84 Å². The molecule has 0 spiro atoms.